The van der Waals surface area contributed by atoms with Crippen LogP contribution in [0.4, 0.5) is 0 Å². The summed E-state index contributed by atoms with van der Waals surface area (Å²) in [5.41, 5.74) is 0.0454. The number of carbonyl (C=O) groups is 1. The summed E-state index contributed by atoms with van der Waals surface area (Å²) in [6.07, 6.45) is 2.35. The number of aliphatic hydroxyl groups excluding tert-OH is 1. The highest BCUT2D eigenvalue weighted by Crippen LogP contribution is 2.15. The predicted molar refractivity (Wildman–Crippen MR) is 79.2 cm³/mol. The van der Waals surface area contributed by atoms with Crippen molar-refractivity contribution in [1.29, 1.82) is 0 Å². The fraction of sp³-hybridized carbons (Fsp3) is 0.357. The molecule has 0 aromatic heterocycles. The Bertz CT molecular complexity index is 617. The Morgan fingerprint density at radius 1 is 1.29 bits per heavy atom. The van der Waals surface area contributed by atoms with E-state index in [1.165, 1.54) is 30.3 Å². The maximum atomic E-state index is 12.1. The SMILES string of the molecule is CC(C)(CO)CNS(=O)(=O)c1ccc(/C=C/C(=O)O)cc1. The Labute approximate surface area is 124 Å². The first-order chi connectivity index (χ1) is 9.66. The predicted octanol–water partition coefficient (Wildman–Crippen LogP) is 1.08. The van der Waals surface area contributed by atoms with Crippen LogP contribution in [-0.4, -0.2) is 37.8 Å². The van der Waals surface area contributed by atoms with Crippen LogP contribution >= 0.6 is 0 Å². The van der Waals surface area contributed by atoms with Crippen molar-refractivity contribution in [3.63, 3.8) is 0 Å². The average Bonchev–Trinajstić information content (AvgIpc) is 2.44. The van der Waals surface area contributed by atoms with Gasteiger partial charge in [-0.3, -0.25) is 0 Å². The van der Waals surface area contributed by atoms with Crippen molar-refractivity contribution in [2.24, 2.45) is 5.41 Å². The first kappa shape index (κ1) is 17.4. The van der Waals surface area contributed by atoms with E-state index < -0.39 is 21.4 Å². The van der Waals surface area contributed by atoms with Crippen LogP contribution in [0.1, 0.15) is 19.4 Å². The Morgan fingerprint density at radius 3 is 2.33 bits per heavy atom. The lowest BCUT2D eigenvalue weighted by atomic mass is 9.96. The number of sulfonamides is 1. The van der Waals surface area contributed by atoms with Crippen LogP contribution in [0, 0.1) is 5.41 Å². The van der Waals surface area contributed by atoms with Crippen molar-refractivity contribution in [3.8, 4) is 0 Å². The smallest absolute Gasteiger partial charge is 0.328 e. The van der Waals surface area contributed by atoms with Gasteiger partial charge in [-0.1, -0.05) is 26.0 Å². The highest BCUT2D eigenvalue weighted by atomic mass is 32.2. The van der Waals surface area contributed by atoms with E-state index in [-0.39, 0.29) is 18.0 Å². The van der Waals surface area contributed by atoms with Crippen LogP contribution in [0.2, 0.25) is 0 Å². The van der Waals surface area contributed by atoms with Gasteiger partial charge in [-0.2, -0.15) is 0 Å². The zero-order valence-electron chi connectivity index (χ0n) is 11.9. The first-order valence-electron chi connectivity index (χ1n) is 6.28. The van der Waals surface area contributed by atoms with Gasteiger partial charge in [0.15, 0.2) is 0 Å². The minimum absolute atomic E-state index is 0.0868. The number of rotatable bonds is 7. The summed E-state index contributed by atoms with van der Waals surface area (Å²) in [5.74, 6) is -1.07. The van der Waals surface area contributed by atoms with Crippen molar-refractivity contribution in [2.75, 3.05) is 13.2 Å². The molecule has 0 aliphatic carbocycles. The second kappa shape index (κ2) is 6.84. The Hall–Kier alpha value is -1.70. The monoisotopic (exact) mass is 313 g/mol. The molecule has 21 heavy (non-hydrogen) atoms. The number of benzene rings is 1. The fourth-order valence-electron chi connectivity index (χ4n) is 1.36. The molecule has 0 fully saturated rings. The number of nitrogens with one attached hydrogen (secondary N) is 1. The minimum atomic E-state index is -3.65. The molecule has 6 nitrogen and oxygen atoms in total. The molecule has 0 aliphatic rings. The third-order valence-electron chi connectivity index (χ3n) is 2.78. The molecule has 7 heteroatoms. The summed E-state index contributed by atoms with van der Waals surface area (Å²) in [6.45, 7) is 3.48. The van der Waals surface area contributed by atoms with Crippen LogP contribution in [-0.2, 0) is 14.8 Å². The number of aliphatic hydroxyl groups is 1. The lowest BCUT2D eigenvalue weighted by Gasteiger charge is -2.21. The largest absolute Gasteiger partial charge is 0.478 e. The van der Waals surface area contributed by atoms with E-state index >= 15 is 0 Å². The van der Waals surface area contributed by atoms with Crippen molar-refractivity contribution < 1.29 is 23.4 Å². The summed E-state index contributed by atoms with van der Waals surface area (Å²) in [5, 5.41) is 17.6. The molecule has 1 rings (SSSR count). The zero-order valence-corrected chi connectivity index (χ0v) is 12.7. The van der Waals surface area contributed by atoms with Crippen molar-refractivity contribution in [3.05, 3.63) is 35.9 Å². The quantitative estimate of drug-likeness (QED) is 0.654. The standard InChI is InChI=1S/C14H19NO5S/c1-14(2,10-16)9-15-21(19,20)12-6-3-11(4-7-12)5-8-13(17)18/h3-8,15-16H,9-10H2,1-2H3,(H,17,18)/b8-5+. The van der Waals surface area contributed by atoms with E-state index in [0.717, 1.165) is 6.08 Å². The fourth-order valence-corrected chi connectivity index (χ4v) is 2.60. The zero-order chi connectivity index (χ0) is 16.1. The molecule has 3 N–H and O–H groups in total. The summed E-state index contributed by atoms with van der Waals surface area (Å²) < 4.78 is 26.6. The molecule has 0 amide bonds. The van der Waals surface area contributed by atoms with Crippen LogP contribution in [0.25, 0.3) is 6.08 Å². The molecule has 116 valence electrons. The topological polar surface area (TPSA) is 104 Å². The van der Waals surface area contributed by atoms with Gasteiger partial charge in [-0.15, -0.1) is 0 Å². The van der Waals surface area contributed by atoms with Crippen LogP contribution in [0.3, 0.4) is 0 Å². The maximum Gasteiger partial charge on any atom is 0.328 e. The summed E-state index contributed by atoms with van der Waals surface area (Å²) in [6, 6.07) is 5.84. The molecule has 0 spiro atoms. The summed E-state index contributed by atoms with van der Waals surface area (Å²) in [4.78, 5) is 10.5. The van der Waals surface area contributed by atoms with Gasteiger partial charge in [0.2, 0.25) is 10.0 Å². The van der Waals surface area contributed by atoms with Crippen LogP contribution < -0.4 is 4.72 Å². The Morgan fingerprint density at radius 2 is 1.86 bits per heavy atom. The van der Waals surface area contributed by atoms with Gasteiger partial charge in [0.1, 0.15) is 0 Å². The third kappa shape index (κ3) is 5.66. The molecular formula is C14H19NO5S. The van der Waals surface area contributed by atoms with Gasteiger partial charge >= 0.3 is 5.97 Å². The first-order valence-corrected chi connectivity index (χ1v) is 7.76. The number of carboxylic acid groups (broad SMARTS) is 1. The Kier molecular flexibility index (Phi) is 5.65. The summed E-state index contributed by atoms with van der Waals surface area (Å²) in [7, 11) is -3.65. The van der Waals surface area contributed by atoms with Gasteiger partial charge in [-0.05, 0) is 23.8 Å². The van der Waals surface area contributed by atoms with Crippen molar-refractivity contribution in [1.82, 2.24) is 4.72 Å². The Balaban J connectivity index is 2.83. The van der Waals surface area contributed by atoms with Gasteiger partial charge in [0.05, 0.1) is 4.90 Å². The lowest BCUT2D eigenvalue weighted by molar-refractivity contribution is -0.131. The molecule has 0 saturated heterocycles. The third-order valence-corrected chi connectivity index (χ3v) is 4.19. The minimum Gasteiger partial charge on any atom is -0.478 e. The summed E-state index contributed by atoms with van der Waals surface area (Å²) >= 11 is 0. The van der Waals surface area contributed by atoms with Gasteiger partial charge < -0.3 is 10.2 Å². The average molecular weight is 313 g/mol. The van der Waals surface area contributed by atoms with E-state index in [0.29, 0.717) is 5.56 Å². The molecule has 0 atom stereocenters. The molecule has 0 heterocycles. The van der Waals surface area contributed by atoms with Gasteiger partial charge in [0.25, 0.3) is 0 Å². The second-order valence-electron chi connectivity index (χ2n) is 5.39. The number of aliphatic carboxylic acids is 1. The van der Waals surface area contributed by atoms with E-state index in [2.05, 4.69) is 4.72 Å². The lowest BCUT2D eigenvalue weighted by Crippen LogP contribution is -2.36. The van der Waals surface area contributed by atoms with E-state index in [4.69, 9.17) is 10.2 Å². The molecule has 1 aromatic carbocycles. The molecular weight excluding hydrogens is 294 g/mol. The normalized spacial score (nSPS) is 12.7. The molecule has 0 bridgehead atoms. The highest BCUT2D eigenvalue weighted by Gasteiger charge is 2.21. The number of carboxylic acids is 1. The van der Waals surface area contributed by atoms with Crippen molar-refractivity contribution in [2.45, 2.75) is 18.7 Å². The molecule has 0 saturated carbocycles. The highest BCUT2D eigenvalue weighted by molar-refractivity contribution is 7.89. The molecule has 1 aromatic rings. The molecule has 0 radical (unpaired) electrons. The van der Waals surface area contributed by atoms with E-state index in [1.54, 1.807) is 13.8 Å². The van der Waals surface area contributed by atoms with Crippen LogP contribution in [0.5, 0.6) is 0 Å². The molecule has 0 aliphatic heterocycles. The van der Waals surface area contributed by atoms with Crippen LogP contribution in [0.15, 0.2) is 35.2 Å². The van der Waals surface area contributed by atoms with Gasteiger partial charge in [0, 0.05) is 24.6 Å². The second-order valence-corrected chi connectivity index (χ2v) is 7.15. The maximum absolute atomic E-state index is 12.1. The number of hydrogen-bond donors (Lipinski definition) is 3. The van der Waals surface area contributed by atoms with Gasteiger partial charge in [-0.25, -0.2) is 17.9 Å². The van der Waals surface area contributed by atoms with E-state index in [1.807, 2.05) is 0 Å². The molecule has 0 unspecified atom stereocenters. The van der Waals surface area contributed by atoms with Crippen molar-refractivity contribution >= 4 is 22.1 Å². The number of hydrogen-bond acceptors (Lipinski definition) is 4. The van der Waals surface area contributed by atoms with E-state index in [9.17, 15) is 13.2 Å².